The molecule has 4 rings (SSSR count). The Bertz CT molecular complexity index is 840. The maximum absolute atomic E-state index is 2.56. The standard InChI is InChI=1S/4C7H7.S.2Sn/c4*1-7-5-3-2-4-6-7;;;/h4*2-6H,1H2;;;/q;;;;;;+1. The maximum atomic E-state index is 2.56. The summed E-state index contributed by atoms with van der Waals surface area (Å²) in [4.78, 5) is 0. The molecular weight excluding hydrogens is 606 g/mol. The molecular formula is C28H28SSn2+. The summed E-state index contributed by atoms with van der Waals surface area (Å²) in [5.74, 6) is 0. The predicted octanol–water partition coefficient (Wildman–Crippen LogP) is 6.83. The molecule has 0 aliphatic carbocycles. The molecule has 0 heterocycles. The molecule has 31 heavy (non-hydrogen) atoms. The first kappa shape index (κ1) is 23.0. The summed E-state index contributed by atoms with van der Waals surface area (Å²) in [7, 11) is 0. The third-order valence-corrected chi connectivity index (χ3v) is 57.0. The van der Waals surface area contributed by atoms with Crippen LogP contribution in [0.4, 0.5) is 0 Å². The molecule has 0 bridgehead atoms. The Balaban J connectivity index is 1.55. The van der Waals surface area contributed by atoms with E-state index in [9.17, 15) is 0 Å². The van der Waals surface area contributed by atoms with Gasteiger partial charge in [-0.25, -0.2) is 0 Å². The van der Waals surface area contributed by atoms with Crippen molar-refractivity contribution in [2.24, 2.45) is 0 Å². The van der Waals surface area contributed by atoms with Crippen molar-refractivity contribution >= 4 is 42.9 Å². The normalized spacial score (nSPS) is 10.9. The van der Waals surface area contributed by atoms with Crippen LogP contribution in [0.1, 0.15) is 22.3 Å². The molecule has 1 radical (unpaired) electrons. The summed E-state index contributed by atoms with van der Waals surface area (Å²) in [5.41, 5.74) is 6.18. The predicted molar refractivity (Wildman–Crippen MR) is 140 cm³/mol. The SMILES string of the molecule is c1ccc([CH2][Sn]([CH2]c2ccccc2)[S][Sn+]([CH2]c2ccccc2)[CH2]c2ccccc2)cc1. The van der Waals surface area contributed by atoms with Crippen molar-refractivity contribution in [1.29, 1.82) is 0 Å². The summed E-state index contributed by atoms with van der Waals surface area (Å²) in [6, 6.07) is 44.9. The molecule has 4 aromatic carbocycles. The van der Waals surface area contributed by atoms with Crippen LogP contribution in [-0.2, 0) is 17.7 Å². The molecule has 0 nitrogen and oxygen atoms in total. The fourth-order valence-corrected chi connectivity index (χ4v) is 63.5. The number of hydrogen-bond donors (Lipinski definition) is 0. The molecule has 0 unspecified atom stereocenters. The van der Waals surface area contributed by atoms with Crippen molar-refractivity contribution in [3.05, 3.63) is 144 Å². The van der Waals surface area contributed by atoms with Crippen molar-refractivity contribution in [2.75, 3.05) is 0 Å². The Kier molecular flexibility index (Phi) is 9.47. The van der Waals surface area contributed by atoms with Gasteiger partial charge in [-0.05, 0) is 0 Å². The first-order valence-corrected chi connectivity index (χ1v) is 26.8. The topological polar surface area (TPSA) is 0 Å². The van der Waals surface area contributed by atoms with Gasteiger partial charge >= 0.3 is 204 Å². The minimum absolute atomic E-state index is 1.34. The van der Waals surface area contributed by atoms with Crippen LogP contribution in [0.5, 0.6) is 0 Å². The third-order valence-electron chi connectivity index (χ3n) is 5.27. The van der Waals surface area contributed by atoms with E-state index in [1.54, 1.807) is 22.3 Å². The van der Waals surface area contributed by atoms with E-state index in [2.05, 4.69) is 127 Å². The molecule has 0 saturated heterocycles. The number of benzene rings is 4. The third kappa shape index (κ3) is 8.03. The van der Waals surface area contributed by atoms with Crippen molar-refractivity contribution in [1.82, 2.24) is 0 Å². The molecule has 0 spiro atoms. The van der Waals surface area contributed by atoms with Gasteiger partial charge in [0, 0.05) is 0 Å². The van der Waals surface area contributed by atoms with E-state index in [1.165, 1.54) is 17.7 Å². The molecule has 0 aliphatic rings. The monoisotopic (exact) mass is 636 g/mol. The summed E-state index contributed by atoms with van der Waals surface area (Å²) < 4.78 is 5.37. The molecule has 0 aliphatic heterocycles. The molecule has 0 N–H and O–H groups in total. The van der Waals surface area contributed by atoms with E-state index in [0.29, 0.717) is 0 Å². The molecule has 0 atom stereocenters. The van der Waals surface area contributed by atoms with Gasteiger partial charge in [0.05, 0.1) is 0 Å². The van der Waals surface area contributed by atoms with E-state index in [1.807, 2.05) is 0 Å². The van der Waals surface area contributed by atoms with Gasteiger partial charge in [-0.1, -0.05) is 0 Å². The van der Waals surface area contributed by atoms with Crippen LogP contribution < -0.4 is 0 Å². The van der Waals surface area contributed by atoms with Crippen LogP contribution in [0.3, 0.4) is 0 Å². The van der Waals surface area contributed by atoms with Gasteiger partial charge in [0.15, 0.2) is 0 Å². The number of hydrogen-bond acceptors (Lipinski definition) is 1. The van der Waals surface area contributed by atoms with Crippen LogP contribution in [0.2, 0.25) is 0 Å². The molecule has 4 aromatic rings. The molecule has 0 fully saturated rings. The van der Waals surface area contributed by atoms with Crippen molar-refractivity contribution in [3.63, 3.8) is 0 Å². The van der Waals surface area contributed by atoms with E-state index in [-0.39, 0.29) is 0 Å². The first-order chi connectivity index (χ1) is 15.3. The van der Waals surface area contributed by atoms with Gasteiger partial charge in [-0.3, -0.25) is 0 Å². The van der Waals surface area contributed by atoms with Gasteiger partial charge in [-0.15, -0.1) is 0 Å². The van der Waals surface area contributed by atoms with Crippen molar-refractivity contribution in [2.45, 2.75) is 17.7 Å². The number of rotatable bonds is 10. The van der Waals surface area contributed by atoms with Crippen molar-refractivity contribution in [3.8, 4) is 0 Å². The van der Waals surface area contributed by atoms with E-state index >= 15 is 0 Å². The van der Waals surface area contributed by atoms with Crippen LogP contribution in [0.15, 0.2) is 121 Å². The molecule has 3 heteroatoms. The Morgan fingerprint density at radius 3 is 1.13 bits per heavy atom. The fraction of sp³-hybridized carbons (Fsp3) is 0.143. The van der Waals surface area contributed by atoms with Crippen LogP contribution >= 0.6 is 6.13 Å². The fourth-order valence-electron chi connectivity index (χ4n) is 3.77. The molecule has 0 saturated carbocycles. The van der Waals surface area contributed by atoms with E-state index in [4.69, 9.17) is 0 Å². The first-order valence-electron chi connectivity index (χ1n) is 10.9. The van der Waals surface area contributed by atoms with Crippen LogP contribution in [-0.4, -0.2) is 36.8 Å². The van der Waals surface area contributed by atoms with E-state index in [0.717, 1.165) is 0 Å². The second-order valence-corrected chi connectivity index (χ2v) is 39.4. The quantitative estimate of drug-likeness (QED) is 0.173. The summed E-state index contributed by atoms with van der Waals surface area (Å²) in [6.45, 7) is 0. The molecule has 153 valence electrons. The second-order valence-electron chi connectivity index (χ2n) is 7.83. The van der Waals surface area contributed by atoms with Gasteiger partial charge in [0.25, 0.3) is 0 Å². The summed E-state index contributed by atoms with van der Waals surface area (Å²) in [5, 5.41) is 0. The second kappa shape index (κ2) is 12.8. The van der Waals surface area contributed by atoms with Crippen molar-refractivity contribution < 1.29 is 0 Å². The molecule has 0 amide bonds. The Hall–Kier alpha value is -1.17. The Labute approximate surface area is 202 Å². The average Bonchev–Trinajstić information content (AvgIpc) is 2.82. The van der Waals surface area contributed by atoms with Gasteiger partial charge in [0.1, 0.15) is 0 Å². The Morgan fingerprint density at radius 2 is 0.774 bits per heavy atom. The molecule has 0 aromatic heterocycles. The summed E-state index contributed by atoms with van der Waals surface area (Å²) >= 11 is -3.42. The van der Waals surface area contributed by atoms with Crippen LogP contribution in [0, 0.1) is 0 Å². The zero-order chi connectivity index (χ0) is 21.1. The Morgan fingerprint density at radius 1 is 0.452 bits per heavy atom. The van der Waals surface area contributed by atoms with Gasteiger partial charge in [0.2, 0.25) is 0 Å². The van der Waals surface area contributed by atoms with E-state index < -0.39 is 36.8 Å². The zero-order valence-electron chi connectivity index (χ0n) is 17.8. The van der Waals surface area contributed by atoms with Gasteiger partial charge in [-0.2, -0.15) is 0 Å². The average molecular weight is 634 g/mol. The minimum atomic E-state index is -1.71. The summed E-state index contributed by atoms with van der Waals surface area (Å²) in [6.07, 6.45) is 2.56. The van der Waals surface area contributed by atoms with Gasteiger partial charge < -0.3 is 0 Å². The zero-order valence-corrected chi connectivity index (χ0v) is 24.3. The van der Waals surface area contributed by atoms with Crippen LogP contribution in [0.25, 0.3) is 0 Å².